The first kappa shape index (κ1) is 12.1. The number of aliphatic hydroxyl groups excluding tert-OH is 1. The number of amides is 1. The van der Waals surface area contributed by atoms with Crippen LogP contribution < -0.4 is 10.6 Å². The van der Waals surface area contributed by atoms with Crippen molar-refractivity contribution in [1.82, 2.24) is 10.6 Å². The molecule has 8 heteroatoms. The van der Waals surface area contributed by atoms with Crippen molar-refractivity contribution in [2.75, 3.05) is 6.61 Å². The summed E-state index contributed by atoms with van der Waals surface area (Å²) < 4.78 is 4.57. The number of aliphatic carboxylic acids is 1. The van der Waals surface area contributed by atoms with Gasteiger partial charge < -0.3 is 20.3 Å². The Bertz CT molecular complexity index is 339. The third-order valence-corrected chi connectivity index (χ3v) is 1.71. The number of hydrogen-bond donors (Lipinski definition) is 4. The second-order valence-electron chi connectivity index (χ2n) is 2.93. The largest absolute Gasteiger partial charge is 0.478 e. The summed E-state index contributed by atoms with van der Waals surface area (Å²) in [4.78, 5) is 32.0. The first-order valence-corrected chi connectivity index (χ1v) is 4.31. The standard InChI is InChI=1S/C8H10N2O6/c11-5(12)1-2-6(13)16-3-4-7(14)10-8(15)9-4/h1-2,4,8-9,15H,3H2,(H,10,14)(H,11,12)/b2-1+. The molecule has 1 rings (SSSR count). The quantitative estimate of drug-likeness (QED) is 0.311. The second kappa shape index (κ2) is 5.24. The SMILES string of the molecule is O=C(O)/C=C/C(=O)OCC1NC(O)NC1=O. The number of ether oxygens (including phenoxy) is 1. The minimum absolute atomic E-state index is 0.286. The van der Waals surface area contributed by atoms with Gasteiger partial charge in [-0.25, -0.2) is 9.59 Å². The average Bonchev–Trinajstić information content (AvgIpc) is 2.51. The molecule has 2 unspecified atom stereocenters. The molecule has 1 fully saturated rings. The van der Waals surface area contributed by atoms with Crippen LogP contribution in [0.5, 0.6) is 0 Å². The van der Waals surface area contributed by atoms with Crippen molar-refractivity contribution < 1.29 is 29.3 Å². The Morgan fingerprint density at radius 3 is 2.62 bits per heavy atom. The highest BCUT2D eigenvalue weighted by molar-refractivity contribution is 5.91. The van der Waals surface area contributed by atoms with Crippen molar-refractivity contribution in [2.45, 2.75) is 12.4 Å². The smallest absolute Gasteiger partial charge is 0.331 e. The van der Waals surface area contributed by atoms with Crippen LogP contribution in [0.2, 0.25) is 0 Å². The summed E-state index contributed by atoms with van der Waals surface area (Å²) in [6, 6.07) is -0.836. The van der Waals surface area contributed by atoms with Crippen molar-refractivity contribution >= 4 is 17.8 Å². The number of carboxylic acid groups (broad SMARTS) is 1. The Hall–Kier alpha value is -1.93. The number of aliphatic hydroxyl groups is 1. The molecule has 88 valence electrons. The van der Waals surface area contributed by atoms with Crippen molar-refractivity contribution in [1.29, 1.82) is 0 Å². The van der Waals surface area contributed by atoms with Gasteiger partial charge in [0.15, 0.2) is 6.35 Å². The van der Waals surface area contributed by atoms with Gasteiger partial charge in [0.1, 0.15) is 12.6 Å². The topological polar surface area (TPSA) is 125 Å². The summed E-state index contributed by atoms with van der Waals surface area (Å²) in [7, 11) is 0. The van der Waals surface area contributed by atoms with Gasteiger partial charge in [-0.05, 0) is 0 Å². The van der Waals surface area contributed by atoms with Crippen LogP contribution in [0.3, 0.4) is 0 Å². The van der Waals surface area contributed by atoms with Gasteiger partial charge in [-0.2, -0.15) is 0 Å². The lowest BCUT2D eigenvalue weighted by atomic mass is 10.3. The molecule has 0 aromatic rings. The van der Waals surface area contributed by atoms with E-state index in [-0.39, 0.29) is 6.61 Å². The summed E-state index contributed by atoms with van der Waals surface area (Å²) in [6.45, 7) is -0.286. The van der Waals surface area contributed by atoms with Crippen molar-refractivity contribution in [3.05, 3.63) is 12.2 Å². The van der Waals surface area contributed by atoms with E-state index in [4.69, 9.17) is 10.2 Å². The molecule has 2 atom stereocenters. The number of carbonyl (C=O) groups excluding carboxylic acids is 2. The highest BCUT2D eigenvalue weighted by Crippen LogP contribution is 1.96. The second-order valence-corrected chi connectivity index (χ2v) is 2.93. The van der Waals surface area contributed by atoms with Gasteiger partial charge in [-0.1, -0.05) is 0 Å². The molecule has 8 nitrogen and oxygen atoms in total. The maximum Gasteiger partial charge on any atom is 0.331 e. The zero-order valence-corrected chi connectivity index (χ0v) is 8.04. The molecular formula is C8H10N2O6. The number of rotatable bonds is 4. The number of nitrogens with one attached hydrogen (secondary N) is 2. The molecule has 0 radical (unpaired) electrons. The molecule has 1 saturated heterocycles. The third-order valence-electron chi connectivity index (χ3n) is 1.71. The fraction of sp³-hybridized carbons (Fsp3) is 0.375. The Morgan fingerprint density at radius 1 is 1.44 bits per heavy atom. The van der Waals surface area contributed by atoms with Gasteiger partial charge in [0.05, 0.1) is 0 Å². The van der Waals surface area contributed by atoms with Crippen LogP contribution >= 0.6 is 0 Å². The minimum Gasteiger partial charge on any atom is -0.478 e. The van der Waals surface area contributed by atoms with Crippen LogP contribution in [0.15, 0.2) is 12.2 Å². The first-order chi connectivity index (χ1) is 7.49. The Labute approximate surface area is 89.9 Å². The van der Waals surface area contributed by atoms with Crippen LogP contribution in [0.25, 0.3) is 0 Å². The molecule has 0 aromatic heterocycles. The van der Waals surface area contributed by atoms with Gasteiger partial charge in [-0.15, -0.1) is 0 Å². The highest BCUT2D eigenvalue weighted by atomic mass is 16.5. The van der Waals surface area contributed by atoms with Crippen LogP contribution in [0.4, 0.5) is 0 Å². The van der Waals surface area contributed by atoms with Crippen LogP contribution in [0, 0.1) is 0 Å². The van der Waals surface area contributed by atoms with Gasteiger partial charge in [-0.3, -0.25) is 10.1 Å². The van der Waals surface area contributed by atoms with Crippen molar-refractivity contribution in [2.24, 2.45) is 0 Å². The molecule has 0 spiro atoms. The molecule has 0 saturated carbocycles. The Kier molecular flexibility index (Phi) is 3.97. The summed E-state index contributed by atoms with van der Waals surface area (Å²) >= 11 is 0. The normalized spacial score (nSPS) is 24.4. The van der Waals surface area contributed by atoms with E-state index in [1.807, 2.05) is 0 Å². The van der Waals surface area contributed by atoms with E-state index in [9.17, 15) is 14.4 Å². The van der Waals surface area contributed by atoms with Gasteiger partial charge in [0, 0.05) is 12.2 Å². The molecule has 1 amide bonds. The molecule has 16 heavy (non-hydrogen) atoms. The molecular weight excluding hydrogens is 220 g/mol. The fourth-order valence-corrected chi connectivity index (χ4v) is 1.02. The van der Waals surface area contributed by atoms with E-state index in [0.717, 1.165) is 6.08 Å². The van der Waals surface area contributed by atoms with Crippen LogP contribution in [-0.4, -0.2) is 47.1 Å². The van der Waals surface area contributed by atoms with Crippen molar-refractivity contribution in [3.63, 3.8) is 0 Å². The van der Waals surface area contributed by atoms with Crippen molar-refractivity contribution in [3.8, 4) is 0 Å². The predicted molar refractivity (Wildman–Crippen MR) is 48.8 cm³/mol. The number of carboxylic acids is 1. The van der Waals surface area contributed by atoms with E-state index < -0.39 is 30.2 Å². The lowest BCUT2D eigenvalue weighted by Crippen LogP contribution is -2.36. The zero-order chi connectivity index (χ0) is 12.1. The predicted octanol–water partition coefficient (Wildman–Crippen LogP) is -2.47. The molecule has 0 aromatic carbocycles. The number of esters is 1. The average molecular weight is 230 g/mol. The Balaban J connectivity index is 2.32. The van der Waals surface area contributed by atoms with E-state index in [1.165, 1.54) is 0 Å². The molecule has 0 bridgehead atoms. The van der Waals surface area contributed by atoms with E-state index >= 15 is 0 Å². The van der Waals surface area contributed by atoms with Gasteiger partial charge >= 0.3 is 11.9 Å². The number of hydrogen-bond acceptors (Lipinski definition) is 6. The maximum atomic E-state index is 11.0. The van der Waals surface area contributed by atoms with Crippen LogP contribution in [-0.2, 0) is 19.1 Å². The minimum atomic E-state index is -1.27. The monoisotopic (exact) mass is 230 g/mol. The molecule has 0 aliphatic carbocycles. The van der Waals surface area contributed by atoms with E-state index in [1.54, 1.807) is 0 Å². The Morgan fingerprint density at radius 2 is 2.12 bits per heavy atom. The van der Waals surface area contributed by atoms with Crippen LogP contribution in [0.1, 0.15) is 0 Å². The third kappa shape index (κ3) is 3.67. The van der Waals surface area contributed by atoms with Gasteiger partial charge in [0.2, 0.25) is 5.91 Å². The fourth-order valence-electron chi connectivity index (χ4n) is 1.02. The maximum absolute atomic E-state index is 11.0. The van der Waals surface area contributed by atoms with Gasteiger partial charge in [0.25, 0.3) is 0 Å². The highest BCUT2D eigenvalue weighted by Gasteiger charge is 2.30. The lowest BCUT2D eigenvalue weighted by Gasteiger charge is -2.07. The summed E-state index contributed by atoms with van der Waals surface area (Å²) in [5, 5.41) is 21.7. The first-order valence-electron chi connectivity index (χ1n) is 4.31. The molecule has 4 N–H and O–H groups in total. The van der Waals surface area contributed by atoms with E-state index in [0.29, 0.717) is 6.08 Å². The summed E-state index contributed by atoms with van der Waals surface area (Å²) in [5.41, 5.74) is 0. The summed E-state index contributed by atoms with van der Waals surface area (Å²) in [5.74, 6) is -2.65. The lowest BCUT2D eigenvalue weighted by molar-refractivity contribution is -0.140. The molecule has 1 aliphatic rings. The zero-order valence-electron chi connectivity index (χ0n) is 8.04. The molecule has 1 aliphatic heterocycles. The number of carbonyl (C=O) groups is 3. The van der Waals surface area contributed by atoms with E-state index in [2.05, 4.69) is 15.4 Å². The molecule has 1 heterocycles. The summed E-state index contributed by atoms with van der Waals surface area (Å²) in [6.07, 6.45) is 0.191.